The smallest absolute Gasteiger partial charge is 0.310 e. The number of phenols is 1. The van der Waals surface area contributed by atoms with Crippen LogP contribution in [0, 0.1) is 5.92 Å². The number of methoxy groups -OCH3 is 2. The van der Waals surface area contributed by atoms with E-state index in [-0.39, 0.29) is 11.7 Å². The molecule has 0 aliphatic heterocycles. The maximum absolute atomic E-state index is 12.0. The number of anilines is 1. The first-order valence-corrected chi connectivity index (χ1v) is 7.09. The summed E-state index contributed by atoms with van der Waals surface area (Å²) in [5.74, 6) is 0.277. The van der Waals surface area contributed by atoms with E-state index in [1.165, 1.54) is 14.2 Å². The number of carbonyl (C=O) groups is 1. The van der Waals surface area contributed by atoms with Crippen LogP contribution in [-0.2, 0) is 16.0 Å². The highest BCUT2D eigenvalue weighted by molar-refractivity contribution is 5.73. The van der Waals surface area contributed by atoms with Crippen molar-refractivity contribution in [1.82, 2.24) is 9.97 Å². The number of benzene rings is 1. The Morgan fingerprint density at radius 3 is 2.65 bits per heavy atom. The summed E-state index contributed by atoms with van der Waals surface area (Å²) in [7, 11) is 2.88. The number of carbonyl (C=O) groups excluding carboxylic acids is 1. The number of phenolic OH excluding ortho intramolecular Hbond substituents is 1. The maximum Gasteiger partial charge on any atom is 0.310 e. The van der Waals surface area contributed by atoms with Crippen molar-refractivity contribution < 1.29 is 19.4 Å². The highest BCUT2D eigenvalue weighted by Gasteiger charge is 2.20. The Bertz CT molecular complexity index is 646. The number of rotatable bonds is 7. The summed E-state index contributed by atoms with van der Waals surface area (Å²) < 4.78 is 9.88. The van der Waals surface area contributed by atoms with Crippen molar-refractivity contribution in [1.29, 1.82) is 0 Å². The number of aromatic hydroxyl groups is 1. The predicted octanol–water partition coefficient (Wildman–Crippen LogP) is 1.63. The Morgan fingerprint density at radius 2 is 2.00 bits per heavy atom. The predicted molar refractivity (Wildman–Crippen MR) is 84.4 cm³/mol. The molecule has 23 heavy (non-hydrogen) atoms. The summed E-state index contributed by atoms with van der Waals surface area (Å²) in [5, 5.41) is 12.3. The molecule has 7 heteroatoms. The van der Waals surface area contributed by atoms with Crippen LogP contribution >= 0.6 is 0 Å². The first kappa shape index (κ1) is 16.5. The molecule has 0 bridgehead atoms. The van der Waals surface area contributed by atoms with E-state index in [0.717, 1.165) is 5.56 Å². The van der Waals surface area contributed by atoms with Crippen LogP contribution < -0.4 is 10.1 Å². The molecule has 122 valence electrons. The van der Waals surface area contributed by atoms with Crippen molar-refractivity contribution in [3.63, 3.8) is 0 Å². The second kappa shape index (κ2) is 7.98. The topological polar surface area (TPSA) is 93.6 Å². The first-order chi connectivity index (χ1) is 11.1. The lowest BCUT2D eigenvalue weighted by Crippen LogP contribution is -2.27. The van der Waals surface area contributed by atoms with Crippen LogP contribution in [0.15, 0.2) is 36.5 Å². The first-order valence-electron chi connectivity index (χ1n) is 7.09. The van der Waals surface area contributed by atoms with Gasteiger partial charge in [0, 0.05) is 18.8 Å². The summed E-state index contributed by atoms with van der Waals surface area (Å²) in [6, 6.07) is 8.35. The lowest BCUT2D eigenvalue weighted by atomic mass is 9.99. The standard InChI is InChI=1S/C16H19N3O4/c1-22-14-7-8-17-16(19-14)18-10-12(15(21)23-2)9-11-3-5-13(20)6-4-11/h3-8,12,20H,9-10H2,1-2H3,(H,17,18,19)/t12-/m0/s1. The average molecular weight is 317 g/mol. The summed E-state index contributed by atoms with van der Waals surface area (Å²) in [6.45, 7) is 0.320. The van der Waals surface area contributed by atoms with Gasteiger partial charge in [-0.25, -0.2) is 4.98 Å². The summed E-state index contributed by atoms with van der Waals surface area (Å²) >= 11 is 0. The van der Waals surface area contributed by atoms with Crippen LogP contribution in [-0.4, -0.2) is 41.8 Å². The van der Waals surface area contributed by atoms with Crippen molar-refractivity contribution in [3.05, 3.63) is 42.1 Å². The maximum atomic E-state index is 12.0. The van der Waals surface area contributed by atoms with Crippen molar-refractivity contribution in [3.8, 4) is 11.6 Å². The zero-order chi connectivity index (χ0) is 16.7. The van der Waals surface area contributed by atoms with E-state index in [1.54, 1.807) is 36.5 Å². The molecule has 0 unspecified atom stereocenters. The Kier molecular flexibility index (Phi) is 5.74. The van der Waals surface area contributed by atoms with Crippen LogP contribution in [0.5, 0.6) is 11.6 Å². The minimum Gasteiger partial charge on any atom is -0.508 e. The highest BCUT2D eigenvalue weighted by Crippen LogP contribution is 2.16. The third kappa shape index (κ3) is 4.84. The third-order valence-corrected chi connectivity index (χ3v) is 3.30. The normalized spacial score (nSPS) is 11.6. The molecule has 0 fully saturated rings. The fraction of sp³-hybridized carbons (Fsp3) is 0.312. The van der Waals surface area contributed by atoms with E-state index in [9.17, 15) is 9.90 Å². The van der Waals surface area contributed by atoms with Gasteiger partial charge in [0.05, 0.1) is 20.1 Å². The van der Waals surface area contributed by atoms with E-state index < -0.39 is 5.92 Å². The summed E-state index contributed by atoms with van der Waals surface area (Å²) in [6.07, 6.45) is 2.05. The Morgan fingerprint density at radius 1 is 1.26 bits per heavy atom. The lowest BCUT2D eigenvalue weighted by molar-refractivity contribution is -0.144. The molecule has 2 aromatic rings. The van der Waals surface area contributed by atoms with Crippen LogP contribution in [0.1, 0.15) is 5.56 Å². The van der Waals surface area contributed by atoms with E-state index in [0.29, 0.717) is 24.8 Å². The number of hydrogen-bond donors (Lipinski definition) is 2. The molecule has 0 radical (unpaired) electrons. The second-order valence-corrected chi connectivity index (χ2v) is 4.89. The molecule has 1 atom stereocenters. The molecule has 0 spiro atoms. The number of hydrogen-bond acceptors (Lipinski definition) is 7. The number of aromatic nitrogens is 2. The van der Waals surface area contributed by atoms with Crippen molar-refractivity contribution >= 4 is 11.9 Å². The van der Waals surface area contributed by atoms with Crippen LogP contribution in [0.4, 0.5) is 5.95 Å². The van der Waals surface area contributed by atoms with E-state index >= 15 is 0 Å². The second-order valence-electron chi connectivity index (χ2n) is 4.89. The average Bonchev–Trinajstić information content (AvgIpc) is 2.59. The van der Waals surface area contributed by atoms with Gasteiger partial charge in [-0.1, -0.05) is 12.1 Å². The molecular formula is C16H19N3O4. The quantitative estimate of drug-likeness (QED) is 0.750. The van der Waals surface area contributed by atoms with E-state index in [1.807, 2.05) is 0 Å². The summed E-state index contributed by atoms with van der Waals surface area (Å²) in [5.41, 5.74) is 0.923. The molecule has 0 saturated carbocycles. The molecule has 1 aromatic carbocycles. The zero-order valence-corrected chi connectivity index (χ0v) is 13.0. The molecule has 1 heterocycles. The van der Waals surface area contributed by atoms with Crippen LogP contribution in [0.3, 0.4) is 0 Å². The van der Waals surface area contributed by atoms with Crippen LogP contribution in [0.2, 0.25) is 0 Å². The number of nitrogens with one attached hydrogen (secondary N) is 1. The van der Waals surface area contributed by atoms with Crippen molar-refractivity contribution in [2.24, 2.45) is 5.92 Å². The molecule has 0 aliphatic rings. The molecule has 0 aliphatic carbocycles. The fourth-order valence-corrected chi connectivity index (χ4v) is 2.08. The van der Waals surface area contributed by atoms with Gasteiger partial charge in [0.25, 0.3) is 0 Å². The molecule has 0 amide bonds. The van der Waals surface area contributed by atoms with Gasteiger partial charge in [-0.3, -0.25) is 4.79 Å². The lowest BCUT2D eigenvalue weighted by Gasteiger charge is -2.15. The van der Waals surface area contributed by atoms with Gasteiger partial charge in [0.15, 0.2) is 0 Å². The van der Waals surface area contributed by atoms with Gasteiger partial charge in [-0.15, -0.1) is 0 Å². The number of esters is 1. The van der Waals surface area contributed by atoms with Gasteiger partial charge < -0.3 is 19.9 Å². The van der Waals surface area contributed by atoms with Crippen LogP contribution in [0.25, 0.3) is 0 Å². The van der Waals surface area contributed by atoms with Gasteiger partial charge >= 0.3 is 5.97 Å². The van der Waals surface area contributed by atoms with Gasteiger partial charge in [0.2, 0.25) is 11.8 Å². The monoisotopic (exact) mass is 317 g/mol. The SMILES string of the molecule is COC(=O)[C@H](CNc1nccc(OC)n1)Cc1ccc(O)cc1. The minimum absolute atomic E-state index is 0.186. The number of ether oxygens (including phenoxy) is 2. The summed E-state index contributed by atoms with van der Waals surface area (Å²) in [4.78, 5) is 20.2. The zero-order valence-electron chi connectivity index (χ0n) is 13.0. The molecule has 2 N–H and O–H groups in total. The molecule has 7 nitrogen and oxygen atoms in total. The Hall–Kier alpha value is -2.83. The van der Waals surface area contributed by atoms with Crippen molar-refractivity contribution in [2.45, 2.75) is 6.42 Å². The fourth-order valence-electron chi connectivity index (χ4n) is 2.08. The highest BCUT2D eigenvalue weighted by atomic mass is 16.5. The van der Waals surface area contributed by atoms with E-state index in [2.05, 4.69) is 15.3 Å². The molecule has 2 rings (SSSR count). The van der Waals surface area contributed by atoms with Gasteiger partial charge in [-0.05, 0) is 24.1 Å². The van der Waals surface area contributed by atoms with Crippen molar-refractivity contribution in [2.75, 3.05) is 26.1 Å². The Balaban J connectivity index is 2.03. The van der Waals surface area contributed by atoms with Gasteiger partial charge in [-0.2, -0.15) is 4.98 Å². The minimum atomic E-state index is -0.403. The molecule has 0 saturated heterocycles. The molecule has 1 aromatic heterocycles. The van der Waals surface area contributed by atoms with E-state index in [4.69, 9.17) is 9.47 Å². The van der Waals surface area contributed by atoms with Gasteiger partial charge in [0.1, 0.15) is 5.75 Å². The Labute approximate surface area is 134 Å². The largest absolute Gasteiger partial charge is 0.508 e. The number of nitrogens with zero attached hydrogens (tertiary/aromatic N) is 2. The molecular weight excluding hydrogens is 298 g/mol. The third-order valence-electron chi connectivity index (χ3n) is 3.30.